The van der Waals surface area contributed by atoms with E-state index in [-0.39, 0.29) is 5.82 Å². The van der Waals surface area contributed by atoms with E-state index >= 15 is 4.39 Å². The van der Waals surface area contributed by atoms with E-state index in [1.54, 1.807) is 6.07 Å². The standard InChI is InChI=1S/C36H54FN5O3Si2/c1-9-11-14-45-34-20-26(10-2)29(21-30(34)37)27-12-13-28-32(19-27)42(25-44-16-18-47(6,7)8)40-35(28)36-39-31-22-38-23-33(31)41(36)24-43-15-17-46(3,4)5/h12-13,19-21,38H,9-11,14-18,22-25H2,1-8H3. The molecular weight excluding hydrogens is 626 g/mol. The summed E-state index contributed by atoms with van der Waals surface area (Å²) in [5.41, 5.74) is 6.80. The Balaban J connectivity index is 1.54. The molecular formula is C36H54FN5O3Si2. The molecule has 1 aliphatic rings. The Kier molecular flexibility index (Phi) is 11.4. The fraction of sp³-hybridized carbons (Fsp3) is 0.556. The maximum Gasteiger partial charge on any atom is 0.165 e. The van der Waals surface area contributed by atoms with E-state index in [0.717, 1.165) is 102 Å². The first-order valence-electron chi connectivity index (χ1n) is 17.3. The number of halogens is 1. The fourth-order valence-corrected chi connectivity index (χ4v) is 7.27. The van der Waals surface area contributed by atoms with Crippen LogP contribution in [0.1, 0.15) is 43.6 Å². The number of fused-ring (bicyclic) bond motifs is 2. The van der Waals surface area contributed by atoms with Crippen LogP contribution in [0.2, 0.25) is 51.4 Å². The topological polar surface area (TPSA) is 75.4 Å². The summed E-state index contributed by atoms with van der Waals surface area (Å²) in [7, 11) is -2.46. The molecule has 0 unspecified atom stereocenters. The number of unbranched alkanes of at least 4 members (excludes halogenated alkanes) is 1. The number of aryl methyl sites for hydroxylation is 1. The first-order valence-corrected chi connectivity index (χ1v) is 24.7. The van der Waals surface area contributed by atoms with Gasteiger partial charge >= 0.3 is 0 Å². The summed E-state index contributed by atoms with van der Waals surface area (Å²) in [6.07, 6.45) is 2.66. The Hall–Kier alpha value is -2.84. The number of rotatable bonds is 17. The summed E-state index contributed by atoms with van der Waals surface area (Å²) in [5, 5.41) is 9.56. The molecule has 256 valence electrons. The molecule has 0 saturated carbocycles. The lowest BCUT2D eigenvalue weighted by atomic mass is 9.96. The Bertz CT molecular complexity index is 1670. The third-order valence-electron chi connectivity index (χ3n) is 8.74. The number of nitrogens with zero attached hydrogens (tertiary/aromatic N) is 4. The van der Waals surface area contributed by atoms with E-state index in [1.807, 2.05) is 10.7 Å². The Labute approximate surface area is 282 Å². The average molecular weight is 680 g/mol. The van der Waals surface area contributed by atoms with Crippen molar-refractivity contribution in [1.29, 1.82) is 0 Å². The molecule has 2 aromatic heterocycles. The van der Waals surface area contributed by atoms with Gasteiger partial charge in [0.1, 0.15) is 19.2 Å². The highest BCUT2D eigenvalue weighted by Crippen LogP contribution is 2.36. The number of aromatic nitrogens is 4. The molecule has 47 heavy (non-hydrogen) atoms. The lowest BCUT2D eigenvalue weighted by Crippen LogP contribution is -2.22. The number of imidazole rings is 1. The first kappa shape index (κ1) is 35.5. The molecule has 5 rings (SSSR count). The number of ether oxygens (including phenoxy) is 3. The van der Waals surface area contributed by atoms with Crippen LogP contribution in [0.4, 0.5) is 4.39 Å². The Morgan fingerprint density at radius 2 is 1.62 bits per heavy atom. The molecule has 4 aromatic rings. The van der Waals surface area contributed by atoms with Crippen LogP contribution >= 0.6 is 0 Å². The second-order valence-electron chi connectivity index (χ2n) is 15.1. The van der Waals surface area contributed by atoms with Crippen molar-refractivity contribution >= 4 is 27.1 Å². The van der Waals surface area contributed by atoms with E-state index in [2.05, 4.69) is 81.2 Å². The van der Waals surface area contributed by atoms with Crippen molar-refractivity contribution < 1.29 is 18.6 Å². The van der Waals surface area contributed by atoms with Crippen molar-refractivity contribution in [3.05, 3.63) is 53.1 Å². The average Bonchev–Trinajstić information content (AvgIpc) is 3.70. The van der Waals surface area contributed by atoms with Crippen LogP contribution in [-0.4, -0.2) is 55.3 Å². The number of nitrogens with one attached hydrogen (secondary N) is 1. The normalized spacial score (nSPS) is 13.6. The molecule has 0 radical (unpaired) electrons. The van der Waals surface area contributed by atoms with Crippen LogP contribution in [0.25, 0.3) is 33.5 Å². The lowest BCUT2D eigenvalue weighted by molar-refractivity contribution is 0.0815. The summed E-state index contributed by atoms with van der Waals surface area (Å²) in [6.45, 7) is 22.6. The van der Waals surface area contributed by atoms with Gasteiger partial charge in [-0.2, -0.15) is 5.10 Å². The van der Waals surface area contributed by atoms with Crippen molar-refractivity contribution in [3.63, 3.8) is 0 Å². The van der Waals surface area contributed by atoms with Gasteiger partial charge in [-0.25, -0.2) is 14.1 Å². The number of benzene rings is 2. The van der Waals surface area contributed by atoms with Gasteiger partial charge in [-0.3, -0.25) is 0 Å². The predicted octanol–water partition coefficient (Wildman–Crippen LogP) is 8.68. The lowest BCUT2D eigenvalue weighted by Gasteiger charge is -2.16. The Morgan fingerprint density at radius 1 is 0.894 bits per heavy atom. The highest BCUT2D eigenvalue weighted by molar-refractivity contribution is 6.76. The van der Waals surface area contributed by atoms with Crippen LogP contribution < -0.4 is 10.1 Å². The minimum Gasteiger partial charge on any atom is -0.491 e. The summed E-state index contributed by atoms with van der Waals surface area (Å²) >= 11 is 0. The summed E-state index contributed by atoms with van der Waals surface area (Å²) < 4.78 is 37.7. The van der Waals surface area contributed by atoms with Crippen LogP contribution in [-0.2, 0) is 42.4 Å². The van der Waals surface area contributed by atoms with Gasteiger partial charge in [0.05, 0.1) is 23.5 Å². The summed E-state index contributed by atoms with van der Waals surface area (Å²) in [4.78, 5) is 5.10. The van der Waals surface area contributed by atoms with Gasteiger partial charge in [0.25, 0.3) is 0 Å². The highest BCUT2D eigenvalue weighted by Gasteiger charge is 2.26. The molecule has 0 fully saturated rings. The molecule has 1 aliphatic heterocycles. The van der Waals surface area contributed by atoms with Gasteiger partial charge in [-0.05, 0) is 65.9 Å². The molecule has 11 heteroatoms. The second-order valence-corrected chi connectivity index (χ2v) is 26.4. The quantitative estimate of drug-likeness (QED) is 0.0889. The number of hydrogen-bond donors (Lipinski definition) is 1. The van der Waals surface area contributed by atoms with Gasteiger partial charge in [-0.15, -0.1) is 0 Å². The fourth-order valence-electron chi connectivity index (χ4n) is 5.76. The molecule has 0 spiro atoms. The molecule has 3 heterocycles. The molecule has 0 aliphatic carbocycles. The zero-order valence-electron chi connectivity index (χ0n) is 29.8. The van der Waals surface area contributed by atoms with E-state index in [4.69, 9.17) is 24.3 Å². The summed E-state index contributed by atoms with van der Waals surface area (Å²) in [6, 6.07) is 12.0. The third-order valence-corrected chi connectivity index (χ3v) is 12.1. The van der Waals surface area contributed by atoms with Gasteiger partial charge in [0.2, 0.25) is 0 Å². The van der Waals surface area contributed by atoms with Crippen LogP contribution in [0.5, 0.6) is 5.75 Å². The smallest absolute Gasteiger partial charge is 0.165 e. The maximum atomic E-state index is 15.3. The third kappa shape index (κ3) is 8.80. The molecule has 0 bridgehead atoms. The molecule has 0 atom stereocenters. The monoisotopic (exact) mass is 679 g/mol. The number of hydrogen-bond acceptors (Lipinski definition) is 6. The van der Waals surface area contributed by atoms with Gasteiger partial charge in [0.15, 0.2) is 17.4 Å². The van der Waals surface area contributed by atoms with Crippen molar-refractivity contribution in [1.82, 2.24) is 24.6 Å². The van der Waals surface area contributed by atoms with E-state index in [1.165, 1.54) is 0 Å². The van der Waals surface area contributed by atoms with E-state index < -0.39 is 16.1 Å². The molecule has 8 nitrogen and oxygen atoms in total. The van der Waals surface area contributed by atoms with Gasteiger partial charge in [0, 0.05) is 47.8 Å². The minimum atomic E-state index is -1.25. The van der Waals surface area contributed by atoms with Crippen LogP contribution in [0.3, 0.4) is 0 Å². The van der Waals surface area contributed by atoms with E-state index in [0.29, 0.717) is 32.4 Å². The molecule has 0 amide bonds. The maximum absolute atomic E-state index is 15.3. The van der Waals surface area contributed by atoms with Crippen molar-refractivity contribution in [2.75, 3.05) is 19.8 Å². The second kappa shape index (κ2) is 15.2. The van der Waals surface area contributed by atoms with Crippen LogP contribution in [0, 0.1) is 5.82 Å². The summed E-state index contributed by atoms with van der Waals surface area (Å²) in [5.74, 6) is 0.804. The predicted molar refractivity (Wildman–Crippen MR) is 195 cm³/mol. The molecule has 2 aromatic carbocycles. The van der Waals surface area contributed by atoms with Crippen molar-refractivity contribution in [2.24, 2.45) is 0 Å². The van der Waals surface area contributed by atoms with Crippen LogP contribution in [0.15, 0.2) is 30.3 Å². The van der Waals surface area contributed by atoms with Gasteiger partial charge < -0.3 is 24.1 Å². The van der Waals surface area contributed by atoms with Crippen molar-refractivity contribution in [2.45, 2.75) is 111 Å². The molecule has 0 saturated heterocycles. The largest absolute Gasteiger partial charge is 0.491 e. The SMILES string of the molecule is CCCCOc1cc(CC)c(-c2ccc3c(-c4nc5c(n4COCC[Si](C)(C)C)CNC5)nn(COCC[Si](C)(C)C)c3c2)cc1F. The zero-order valence-corrected chi connectivity index (χ0v) is 31.8. The first-order chi connectivity index (χ1) is 22.4. The minimum absolute atomic E-state index is 0.324. The van der Waals surface area contributed by atoms with E-state index in [9.17, 15) is 0 Å². The highest BCUT2D eigenvalue weighted by atomic mass is 28.3. The zero-order chi connectivity index (χ0) is 33.8. The van der Waals surface area contributed by atoms with Crippen molar-refractivity contribution in [3.8, 4) is 28.4 Å². The molecule has 1 N–H and O–H groups in total. The van der Waals surface area contributed by atoms with Gasteiger partial charge in [-0.1, -0.05) is 65.6 Å². The Morgan fingerprint density at radius 3 is 2.30 bits per heavy atom.